The number of carboxylic acids is 1. The Labute approximate surface area is 187 Å². The first kappa shape index (κ1) is 26.7. The van der Waals surface area contributed by atoms with Gasteiger partial charge in [0.2, 0.25) is 11.8 Å². The summed E-state index contributed by atoms with van der Waals surface area (Å²) in [7, 11) is 0. The summed E-state index contributed by atoms with van der Waals surface area (Å²) in [6, 6.07) is 2.95. The topological polar surface area (TPSA) is 206 Å². The highest BCUT2D eigenvalue weighted by molar-refractivity contribution is 5.91. The summed E-state index contributed by atoms with van der Waals surface area (Å²) >= 11 is 0. The molecule has 0 radical (unpaired) electrons. The number of guanidine groups is 1. The second kappa shape index (κ2) is 13.2. The normalized spacial score (nSPS) is 14.5. The number of rotatable bonds is 13. The average molecular weight is 451 g/mol. The van der Waals surface area contributed by atoms with Gasteiger partial charge in [-0.2, -0.15) is 0 Å². The van der Waals surface area contributed by atoms with Crippen LogP contribution in [0.1, 0.15) is 38.7 Å². The smallest absolute Gasteiger partial charge is 0.326 e. The monoisotopic (exact) mass is 450 g/mol. The molecule has 1 aromatic rings. The van der Waals surface area contributed by atoms with Crippen LogP contribution in [0.4, 0.5) is 0 Å². The highest BCUT2D eigenvalue weighted by Gasteiger charge is 2.29. The predicted octanol–water partition coefficient (Wildman–Crippen LogP) is -0.584. The van der Waals surface area contributed by atoms with Crippen LogP contribution in [0.5, 0.6) is 5.75 Å². The van der Waals surface area contributed by atoms with Crippen molar-refractivity contribution in [3.63, 3.8) is 0 Å². The van der Waals surface area contributed by atoms with Crippen LogP contribution in [0, 0.1) is 5.92 Å². The number of carbonyl (C=O) groups is 3. The lowest BCUT2D eigenvalue weighted by Crippen LogP contribution is -2.55. The second-order valence-electron chi connectivity index (χ2n) is 7.69. The first-order valence-corrected chi connectivity index (χ1v) is 10.5. The minimum absolute atomic E-state index is 0.00238. The lowest BCUT2D eigenvalue weighted by molar-refractivity contribution is -0.142. The first-order chi connectivity index (χ1) is 15.0. The molecule has 0 bridgehead atoms. The van der Waals surface area contributed by atoms with Crippen LogP contribution in [-0.4, -0.2) is 58.6 Å². The molecule has 0 spiro atoms. The van der Waals surface area contributed by atoms with Crippen molar-refractivity contribution in [2.24, 2.45) is 28.1 Å². The van der Waals surface area contributed by atoms with Crippen molar-refractivity contribution in [1.82, 2.24) is 10.6 Å². The van der Waals surface area contributed by atoms with Crippen LogP contribution >= 0.6 is 0 Å². The SMILES string of the molecule is CC[C@H](C)[C@H](N)C(=O)N[C@@H](CCCN=C(N)N)C(=O)N[C@@H](Cc1ccc(O)cc1)C(=O)O. The van der Waals surface area contributed by atoms with Crippen molar-refractivity contribution < 1.29 is 24.6 Å². The number of amides is 2. The fourth-order valence-electron chi connectivity index (χ4n) is 2.89. The maximum atomic E-state index is 12.9. The van der Waals surface area contributed by atoms with E-state index in [1.54, 1.807) is 12.1 Å². The van der Waals surface area contributed by atoms with Crippen LogP contribution < -0.4 is 27.8 Å². The molecule has 178 valence electrons. The molecular weight excluding hydrogens is 416 g/mol. The Morgan fingerprint density at radius 1 is 1.06 bits per heavy atom. The van der Waals surface area contributed by atoms with Crippen molar-refractivity contribution in [2.75, 3.05) is 6.54 Å². The number of phenolic OH excluding ortho intramolecular Hbond substituents is 1. The van der Waals surface area contributed by atoms with Gasteiger partial charge in [-0.25, -0.2) is 4.79 Å². The number of nitrogens with one attached hydrogen (secondary N) is 2. The van der Waals surface area contributed by atoms with E-state index in [1.807, 2.05) is 13.8 Å². The molecule has 0 aliphatic heterocycles. The van der Waals surface area contributed by atoms with Gasteiger partial charge in [0.25, 0.3) is 0 Å². The molecule has 0 aliphatic rings. The standard InChI is InChI=1S/C21H34N6O5/c1-3-12(2)17(22)19(30)26-15(5-4-10-25-21(23)24)18(29)27-16(20(31)32)11-13-6-8-14(28)9-7-13/h6-9,12,15-17,28H,3-5,10-11,22H2,1-2H3,(H,26,30)(H,27,29)(H,31,32)(H4,23,24,25)/t12-,15-,16-,17-/m0/s1. The Balaban J connectivity index is 2.91. The third-order valence-electron chi connectivity index (χ3n) is 5.13. The minimum atomic E-state index is -1.23. The van der Waals surface area contributed by atoms with E-state index in [9.17, 15) is 24.6 Å². The predicted molar refractivity (Wildman–Crippen MR) is 121 cm³/mol. The van der Waals surface area contributed by atoms with Crippen molar-refractivity contribution in [2.45, 2.75) is 57.7 Å². The van der Waals surface area contributed by atoms with Crippen LogP contribution in [0.2, 0.25) is 0 Å². The fraction of sp³-hybridized carbons (Fsp3) is 0.524. The molecule has 0 unspecified atom stereocenters. The van der Waals surface area contributed by atoms with Crippen LogP contribution in [0.15, 0.2) is 29.3 Å². The average Bonchev–Trinajstić information content (AvgIpc) is 2.75. The third-order valence-corrected chi connectivity index (χ3v) is 5.13. The van der Waals surface area contributed by atoms with E-state index in [0.29, 0.717) is 18.4 Å². The van der Waals surface area contributed by atoms with Crippen LogP contribution in [0.3, 0.4) is 0 Å². The quantitative estimate of drug-likeness (QED) is 0.117. The van der Waals surface area contributed by atoms with Crippen molar-refractivity contribution in [1.29, 1.82) is 0 Å². The zero-order valence-corrected chi connectivity index (χ0v) is 18.5. The maximum Gasteiger partial charge on any atom is 0.326 e. The first-order valence-electron chi connectivity index (χ1n) is 10.5. The van der Waals surface area contributed by atoms with Gasteiger partial charge in [0, 0.05) is 13.0 Å². The zero-order chi connectivity index (χ0) is 24.3. The van der Waals surface area contributed by atoms with Crippen molar-refractivity contribution in [3.8, 4) is 5.75 Å². The van der Waals surface area contributed by atoms with Gasteiger partial charge in [-0.15, -0.1) is 0 Å². The molecule has 1 rings (SSSR count). The summed E-state index contributed by atoms with van der Waals surface area (Å²) in [5.41, 5.74) is 17.2. The molecule has 0 heterocycles. The van der Waals surface area contributed by atoms with Gasteiger partial charge in [-0.05, 0) is 36.5 Å². The van der Waals surface area contributed by atoms with E-state index in [-0.39, 0.29) is 37.0 Å². The minimum Gasteiger partial charge on any atom is -0.508 e. The summed E-state index contributed by atoms with van der Waals surface area (Å²) in [5, 5.41) is 24.0. The van der Waals surface area contributed by atoms with Crippen LogP contribution in [-0.2, 0) is 20.8 Å². The largest absolute Gasteiger partial charge is 0.508 e. The molecule has 10 N–H and O–H groups in total. The van der Waals surface area contributed by atoms with Gasteiger partial charge in [0.05, 0.1) is 6.04 Å². The van der Waals surface area contributed by atoms with Gasteiger partial charge in [0.1, 0.15) is 17.8 Å². The fourth-order valence-corrected chi connectivity index (χ4v) is 2.89. The summed E-state index contributed by atoms with van der Waals surface area (Å²) in [6.07, 6.45) is 1.25. The van der Waals surface area contributed by atoms with E-state index in [1.165, 1.54) is 12.1 Å². The van der Waals surface area contributed by atoms with Crippen molar-refractivity contribution >= 4 is 23.7 Å². The Bertz CT molecular complexity index is 794. The van der Waals surface area contributed by atoms with E-state index in [4.69, 9.17) is 17.2 Å². The van der Waals surface area contributed by atoms with Gasteiger partial charge >= 0.3 is 5.97 Å². The van der Waals surface area contributed by atoms with Crippen molar-refractivity contribution in [3.05, 3.63) is 29.8 Å². The second-order valence-corrected chi connectivity index (χ2v) is 7.69. The summed E-state index contributed by atoms with van der Waals surface area (Å²) < 4.78 is 0. The van der Waals surface area contributed by atoms with Crippen LogP contribution in [0.25, 0.3) is 0 Å². The van der Waals surface area contributed by atoms with Gasteiger partial charge in [-0.1, -0.05) is 32.4 Å². The lowest BCUT2D eigenvalue weighted by atomic mass is 9.98. The molecule has 32 heavy (non-hydrogen) atoms. The summed E-state index contributed by atoms with van der Waals surface area (Å²) in [4.78, 5) is 40.9. The molecule has 0 aromatic heterocycles. The Hall–Kier alpha value is -3.34. The Morgan fingerprint density at radius 2 is 1.66 bits per heavy atom. The molecule has 2 amide bonds. The highest BCUT2D eigenvalue weighted by atomic mass is 16.4. The number of carboxylic acid groups (broad SMARTS) is 1. The lowest BCUT2D eigenvalue weighted by Gasteiger charge is -2.24. The molecule has 11 heteroatoms. The van der Waals surface area contributed by atoms with Gasteiger partial charge in [0.15, 0.2) is 5.96 Å². The molecule has 4 atom stereocenters. The molecule has 0 aliphatic carbocycles. The number of aliphatic imine (C=N–C) groups is 1. The number of hydrogen-bond acceptors (Lipinski definition) is 6. The number of benzene rings is 1. The number of nitrogens with two attached hydrogens (primary N) is 3. The van der Waals surface area contributed by atoms with E-state index in [0.717, 1.165) is 0 Å². The number of nitrogens with zero attached hydrogens (tertiary/aromatic N) is 1. The third kappa shape index (κ3) is 9.21. The molecule has 0 fully saturated rings. The van der Waals surface area contributed by atoms with E-state index >= 15 is 0 Å². The molecule has 11 nitrogen and oxygen atoms in total. The maximum absolute atomic E-state index is 12.9. The number of hydrogen-bond donors (Lipinski definition) is 7. The van der Waals surface area contributed by atoms with Gasteiger partial charge in [-0.3, -0.25) is 14.6 Å². The number of carbonyl (C=O) groups excluding carboxylic acids is 2. The number of phenols is 1. The van der Waals surface area contributed by atoms with E-state index in [2.05, 4.69) is 15.6 Å². The summed E-state index contributed by atoms with van der Waals surface area (Å²) in [6.45, 7) is 3.98. The van der Waals surface area contributed by atoms with E-state index < -0.39 is 35.9 Å². The zero-order valence-electron chi connectivity index (χ0n) is 18.5. The molecule has 0 saturated heterocycles. The molecule has 1 aromatic carbocycles. The number of aromatic hydroxyl groups is 1. The molecule has 0 saturated carbocycles. The highest BCUT2D eigenvalue weighted by Crippen LogP contribution is 2.12. The Kier molecular flexibility index (Phi) is 11.0. The van der Waals surface area contributed by atoms with Gasteiger partial charge < -0.3 is 38.0 Å². The number of aliphatic carboxylic acids is 1. The summed E-state index contributed by atoms with van der Waals surface area (Å²) in [5.74, 6) is -2.51. The Morgan fingerprint density at radius 3 is 2.19 bits per heavy atom. The molecular formula is C21H34N6O5.